The Morgan fingerprint density at radius 2 is 1.74 bits per heavy atom. The Morgan fingerprint density at radius 1 is 1.11 bits per heavy atom. The van der Waals surface area contributed by atoms with Gasteiger partial charge in [0.1, 0.15) is 16.8 Å². The maximum Gasteiger partial charge on any atom is 0.161 e. The number of benzene rings is 1. The van der Waals surface area contributed by atoms with Gasteiger partial charge in [-0.3, -0.25) is 0 Å². The number of aromatic nitrogens is 2. The van der Waals surface area contributed by atoms with Gasteiger partial charge < -0.3 is 0 Å². The molecule has 1 aliphatic rings. The molecule has 0 aliphatic heterocycles. The van der Waals surface area contributed by atoms with Crippen molar-refractivity contribution < 1.29 is 8.78 Å². The highest BCUT2D eigenvalue weighted by atomic mass is 127. The summed E-state index contributed by atoms with van der Waals surface area (Å²) in [4.78, 5) is 8.52. The molecule has 1 heterocycles. The summed E-state index contributed by atoms with van der Waals surface area (Å²) in [6.45, 7) is 0. The number of hydrogen-bond donors (Lipinski definition) is 0. The van der Waals surface area contributed by atoms with Crippen LogP contribution in [0.15, 0.2) is 18.2 Å². The van der Waals surface area contributed by atoms with Crippen LogP contribution >= 0.6 is 34.2 Å². The molecule has 1 fully saturated rings. The molecule has 0 bridgehead atoms. The quantitative estimate of drug-likeness (QED) is 0.553. The molecule has 0 radical (unpaired) electrons. The molecule has 3 rings (SSSR count). The van der Waals surface area contributed by atoms with Gasteiger partial charge in [-0.25, -0.2) is 18.7 Å². The topological polar surface area (TPSA) is 25.8 Å². The first-order chi connectivity index (χ1) is 9.04. The van der Waals surface area contributed by atoms with Gasteiger partial charge in [-0.05, 0) is 47.6 Å². The first-order valence-electron chi connectivity index (χ1n) is 5.74. The van der Waals surface area contributed by atoms with E-state index in [0.717, 1.165) is 28.2 Å². The molecule has 2 nitrogen and oxygen atoms in total. The summed E-state index contributed by atoms with van der Waals surface area (Å²) in [7, 11) is 0. The zero-order valence-corrected chi connectivity index (χ0v) is 12.5. The molecular weight excluding hydrogens is 385 g/mol. The molecule has 0 N–H and O–H groups in total. The average Bonchev–Trinajstić information content (AvgIpc) is 3.15. The van der Waals surface area contributed by atoms with E-state index in [1.807, 2.05) is 0 Å². The van der Waals surface area contributed by atoms with E-state index >= 15 is 0 Å². The maximum absolute atomic E-state index is 13.2. The van der Waals surface area contributed by atoms with E-state index in [9.17, 15) is 8.78 Å². The van der Waals surface area contributed by atoms with E-state index in [1.54, 1.807) is 0 Å². The van der Waals surface area contributed by atoms with Crippen LogP contribution in [0.5, 0.6) is 0 Å². The van der Waals surface area contributed by atoms with Gasteiger partial charge in [-0.15, -0.1) is 0 Å². The van der Waals surface area contributed by atoms with Crippen molar-refractivity contribution in [3.63, 3.8) is 0 Å². The van der Waals surface area contributed by atoms with E-state index in [-0.39, 0.29) is 5.82 Å². The summed E-state index contributed by atoms with van der Waals surface area (Å²) in [5.41, 5.74) is 1.18. The lowest BCUT2D eigenvalue weighted by Crippen LogP contribution is -2.00. The van der Waals surface area contributed by atoms with Crippen molar-refractivity contribution in [1.29, 1.82) is 0 Å². The van der Waals surface area contributed by atoms with E-state index in [0.29, 0.717) is 16.6 Å². The molecule has 0 saturated heterocycles. The number of rotatable bonds is 2. The standard InChI is InChI=1S/C13H8ClF2IN2/c14-12-10(17)11(6-1-2-6)18-13(19-12)7-3-8(15)5-9(16)4-7/h3-6H,1-2H2. The predicted octanol–water partition coefficient (Wildman–Crippen LogP) is 4.56. The van der Waals surface area contributed by atoms with Gasteiger partial charge in [0.15, 0.2) is 5.82 Å². The third-order valence-corrected chi connectivity index (χ3v) is 4.58. The molecule has 98 valence electrons. The minimum absolute atomic E-state index is 0.269. The molecule has 19 heavy (non-hydrogen) atoms. The molecular formula is C13H8ClF2IN2. The van der Waals surface area contributed by atoms with Gasteiger partial charge in [0, 0.05) is 17.5 Å². The highest BCUT2D eigenvalue weighted by Crippen LogP contribution is 2.42. The van der Waals surface area contributed by atoms with Crippen LogP contribution in [0.25, 0.3) is 11.4 Å². The second-order valence-electron chi connectivity index (χ2n) is 4.47. The fourth-order valence-corrected chi connectivity index (χ4v) is 2.73. The van der Waals surface area contributed by atoms with Crippen LogP contribution in [0.1, 0.15) is 24.5 Å². The van der Waals surface area contributed by atoms with Gasteiger partial charge in [-0.2, -0.15) is 0 Å². The summed E-state index contributed by atoms with van der Waals surface area (Å²) >= 11 is 8.18. The lowest BCUT2D eigenvalue weighted by atomic mass is 10.2. The van der Waals surface area contributed by atoms with Crippen LogP contribution in [0, 0.1) is 15.2 Å². The van der Waals surface area contributed by atoms with Crippen LogP contribution in [-0.2, 0) is 0 Å². The first kappa shape index (κ1) is 13.2. The van der Waals surface area contributed by atoms with Gasteiger partial charge in [0.2, 0.25) is 0 Å². The van der Waals surface area contributed by atoms with Crippen LogP contribution in [-0.4, -0.2) is 9.97 Å². The molecule has 1 saturated carbocycles. The lowest BCUT2D eigenvalue weighted by Gasteiger charge is -2.07. The summed E-state index contributed by atoms with van der Waals surface area (Å²) in [5.74, 6) is -0.641. The Kier molecular flexibility index (Phi) is 3.42. The lowest BCUT2D eigenvalue weighted by molar-refractivity contribution is 0.584. The molecule has 2 aromatic rings. The minimum atomic E-state index is -0.652. The van der Waals surface area contributed by atoms with Crippen LogP contribution in [0.3, 0.4) is 0 Å². The van der Waals surface area contributed by atoms with E-state index in [2.05, 4.69) is 32.6 Å². The molecule has 0 unspecified atom stereocenters. The predicted molar refractivity (Wildman–Crippen MR) is 77.1 cm³/mol. The second kappa shape index (κ2) is 4.94. The van der Waals surface area contributed by atoms with Gasteiger partial charge in [0.25, 0.3) is 0 Å². The summed E-state index contributed by atoms with van der Waals surface area (Å²) in [6, 6.07) is 3.23. The summed E-state index contributed by atoms with van der Waals surface area (Å²) in [6.07, 6.45) is 2.14. The Morgan fingerprint density at radius 3 is 2.32 bits per heavy atom. The van der Waals surface area contributed by atoms with Crippen molar-refractivity contribution >= 4 is 34.2 Å². The molecule has 1 aliphatic carbocycles. The fourth-order valence-electron chi connectivity index (χ4n) is 1.88. The monoisotopic (exact) mass is 392 g/mol. The van der Waals surface area contributed by atoms with Crippen LogP contribution in [0.2, 0.25) is 5.15 Å². The number of hydrogen-bond acceptors (Lipinski definition) is 2. The van der Waals surface area contributed by atoms with Crippen molar-refractivity contribution in [2.45, 2.75) is 18.8 Å². The zero-order chi connectivity index (χ0) is 13.6. The smallest absolute Gasteiger partial charge is 0.161 e. The Balaban J connectivity index is 2.14. The van der Waals surface area contributed by atoms with E-state index in [4.69, 9.17) is 11.6 Å². The fraction of sp³-hybridized carbons (Fsp3) is 0.231. The summed E-state index contributed by atoms with van der Waals surface area (Å²) < 4.78 is 27.3. The van der Waals surface area contributed by atoms with Crippen molar-refractivity contribution in [2.24, 2.45) is 0 Å². The van der Waals surface area contributed by atoms with E-state index < -0.39 is 11.6 Å². The van der Waals surface area contributed by atoms with Crippen LogP contribution < -0.4 is 0 Å². The van der Waals surface area contributed by atoms with Gasteiger partial charge in [0.05, 0.1) is 9.26 Å². The van der Waals surface area contributed by atoms with Crippen molar-refractivity contribution in [3.8, 4) is 11.4 Å². The minimum Gasteiger partial charge on any atom is -0.232 e. The van der Waals surface area contributed by atoms with Crippen molar-refractivity contribution in [1.82, 2.24) is 9.97 Å². The first-order valence-corrected chi connectivity index (χ1v) is 7.19. The Bertz CT molecular complexity index is 639. The van der Waals surface area contributed by atoms with Gasteiger partial charge in [-0.1, -0.05) is 11.6 Å². The Labute approximate surface area is 127 Å². The molecule has 0 atom stereocenters. The molecule has 0 amide bonds. The zero-order valence-electron chi connectivity index (χ0n) is 9.63. The SMILES string of the molecule is Fc1cc(F)cc(-c2nc(Cl)c(I)c(C3CC3)n2)c1. The highest BCUT2D eigenvalue weighted by Gasteiger charge is 2.29. The second-order valence-corrected chi connectivity index (χ2v) is 5.91. The Hall–Kier alpha value is -0.820. The summed E-state index contributed by atoms with van der Waals surface area (Å²) in [5, 5.41) is 0.331. The molecule has 6 heteroatoms. The molecule has 0 spiro atoms. The largest absolute Gasteiger partial charge is 0.232 e. The maximum atomic E-state index is 13.2. The van der Waals surface area contributed by atoms with Crippen molar-refractivity contribution in [2.75, 3.05) is 0 Å². The van der Waals surface area contributed by atoms with Crippen molar-refractivity contribution in [3.05, 3.63) is 44.3 Å². The van der Waals surface area contributed by atoms with E-state index in [1.165, 1.54) is 12.1 Å². The number of nitrogens with zero attached hydrogens (tertiary/aromatic N) is 2. The molecule has 1 aromatic heterocycles. The number of halogens is 4. The normalized spacial score (nSPS) is 14.7. The van der Waals surface area contributed by atoms with Gasteiger partial charge >= 0.3 is 0 Å². The average molecular weight is 393 g/mol. The third kappa shape index (κ3) is 2.72. The highest BCUT2D eigenvalue weighted by molar-refractivity contribution is 14.1. The van der Waals surface area contributed by atoms with Crippen LogP contribution in [0.4, 0.5) is 8.78 Å². The molecule has 1 aromatic carbocycles. The third-order valence-electron chi connectivity index (χ3n) is 2.92.